The topological polar surface area (TPSA) is 29.1 Å². The molecule has 1 saturated carbocycles. The minimum atomic E-state index is 0.00313. The monoisotopic (exact) mass is 281 g/mol. The molecule has 1 N–H and O–H groups in total. The van der Waals surface area contributed by atoms with Crippen molar-refractivity contribution in [1.82, 2.24) is 5.32 Å². The average Bonchev–Trinajstić information content (AvgIpc) is 2.28. The second-order valence-corrected chi connectivity index (χ2v) is 8.85. The highest BCUT2D eigenvalue weighted by Crippen LogP contribution is 2.39. The summed E-state index contributed by atoms with van der Waals surface area (Å²) in [4.78, 5) is 12.5. The summed E-state index contributed by atoms with van der Waals surface area (Å²) in [7, 11) is 0. The van der Waals surface area contributed by atoms with E-state index < -0.39 is 0 Å². The summed E-state index contributed by atoms with van der Waals surface area (Å²) < 4.78 is 0. The van der Waals surface area contributed by atoms with Crippen molar-refractivity contribution in [2.75, 3.05) is 0 Å². The molecule has 1 atom stereocenters. The first kappa shape index (κ1) is 17.7. The molecule has 0 bridgehead atoms. The number of Topliss-reactive ketones (excluding diaryl/α,β-unsaturated/α-hetero) is 1. The maximum Gasteiger partial charge on any atom is 0.152 e. The number of carbonyl (C=O) groups excluding carboxylic acids is 1. The first-order chi connectivity index (χ1) is 9.00. The van der Waals surface area contributed by atoms with Crippen LogP contribution >= 0.6 is 0 Å². The molecule has 0 aromatic heterocycles. The third-order valence-corrected chi connectivity index (χ3v) is 4.55. The summed E-state index contributed by atoms with van der Waals surface area (Å²) >= 11 is 0. The van der Waals surface area contributed by atoms with Crippen molar-refractivity contribution in [3.8, 4) is 0 Å². The first-order valence-corrected chi connectivity index (χ1v) is 8.31. The lowest BCUT2D eigenvalue weighted by atomic mass is 9.71. The van der Waals surface area contributed by atoms with Gasteiger partial charge in [-0.25, -0.2) is 0 Å². The van der Waals surface area contributed by atoms with Crippen molar-refractivity contribution < 1.29 is 4.79 Å². The number of carbonyl (C=O) groups is 1. The van der Waals surface area contributed by atoms with Crippen molar-refractivity contribution in [1.29, 1.82) is 0 Å². The van der Waals surface area contributed by atoms with Crippen LogP contribution in [-0.4, -0.2) is 17.4 Å². The maximum absolute atomic E-state index is 12.5. The van der Waals surface area contributed by atoms with Gasteiger partial charge in [0.25, 0.3) is 0 Å². The van der Waals surface area contributed by atoms with Crippen molar-refractivity contribution in [3.63, 3.8) is 0 Å². The normalized spacial score (nSPS) is 22.0. The fourth-order valence-electron chi connectivity index (χ4n) is 3.20. The minimum Gasteiger partial charge on any atom is -0.303 e. The quantitative estimate of drug-likeness (QED) is 0.799. The summed E-state index contributed by atoms with van der Waals surface area (Å²) in [5.74, 6) is 1.21. The van der Waals surface area contributed by atoms with E-state index in [0.29, 0.717) is 17.1 Å². The zero-order valence-corrected chi connectivity index (χ0v) is 14.7. The predicted molar refractivity (Wildman–Crippen MR) is 86.9 cm³/mol. The lowest BCUT2D eigenvalue weighted by Crippen LogP contribution is -2.50. The maximum atomic E-state index is 12.5. The van der Waals surface area contributed by atoms with Gasteiger partial charge in [0, 0.05) is 11.5 Å². The van der Waals surface area contributed by atoms with E-state index in [4.69, 9.17) is 0 Å². The molecule has 2 heteroatoms. The van der Waals surface area contributed by atoms with E-state index in [-0.39, 0.29) is 17.5 Å². The van der Waals surface area contributed by atoms with Crippen molar-refractivity contribution in [3.05, 3.63) is 0 Å². The third-order valence-electron chi connectivity index (χ3n) is 4.55. The Hall–Kier alpha value is -0.370. The van der Waals surface area contributed by atoms with E-state index in [2.05, 4.69) is 39.9 Å². The van der Waals surface area contributed by atoms with E-state index in [0.717, 1.165) is 6.42 Å². The molecule has 1 rings (SSSR count). The fraction of sp³-hybridized carbons (Fsp3) is 0.944. The van der Waals surface area contributed by atoms with Crippen LogP contribution in [0.1, 0.15) is 80.6 Å². The molecule has 0 aliphatic heterocycles. The number of hydrogen-bond acceptors (Lipinski definition) is 2. The molecule has 0 heterocycles. The van der Waals surface area contributed by atoms with Gasteiger partial charge in [0.2, 0.25) is 0 Å². The lowest BCUT2D eigenvalue weighted by Gasteiger charge is -2.37. The predicted octanol–water partition coefficient (Wildman–Crippen LogP) is 4.57. The van der Waals surface area contributed by atoms with Crippen LogP contribution in [0.25, 0.3) is 0 Å². The Morgan fingerprint density at radius 1 is 1.20 bits per heavy atom. The Bertz CT molecular complexity index is 315. The molecule has 0 radical (unpaired) electrons. The van der Waals surface area contributed by atoms with Crippen LogP contribution < -0.4 is 5.32 Å². The van der Waals surface area contributed by atoms with Gasteiger partial charge in [-0.3, -0.25) is 4.79 Å². The van der Waals surface area contributed by atoms with Crippen LogP contribution in [-0.2, 0) is 4.79 Å². The molecule has 1 aliphatic rings. The van der Waals surface area contributed by atoms with Gasteiger partial charge in [0.1, 0.15) is 0 Å². The van der Waals surface area contributed by atoms with Crippen LogP contribution in [0, 0.1) is 17.3 Å². The van der Waals surface area contributed by atoms with E-state index >= 15 is 0 Å². The second-order valence-electron chi connectivity index (χ2n) is 8.85. The Morgan fingerprint density at radius 2 is 1.70 bits per heavy atom. The molecule has 1 fully saturated rings. The van der Waals surface area contributed by atoms with Crippen LogP contribution in [0.4, 0.5) is 0 Å². The van der Waals surface area contributed by atoms with Crippen molar-refractivity contribution >= 4 is 5.78 Å². The lowest BCUT2D eigenvalue weighted by molar-refractivity contribution is -0.125. The van der Waals surface area contributed by atoms with Gasteiger partial charge in [-0.2, -0.15) is 0 Å². The smallest absolute Gasteiger partial charge is 0.152 e. The largest absolute Gasteiger partial charge is 0.303 e. The molecule has 0 spiro atoms. The minimum absolute atomic E-state index is 0.00313. The Kier molecular flexibility index (Phi) is 5.83. The molecule has 118 valence electrons. The SMILES string of the molecule is CC(C)C(=O)C(CC1CCC(C)(C)CC1)NC(C)(C)C. The van der Waals surface area contributed by atoms with E-state index in [9.17, 15) is 4.79 Å². The van der Waals surface area contributed by atoms with Gasteiger partial charge < -0.3 is 5.32 Å². The summed E-state index contributed by atoms with van der Waals surface area (Å²) in [6.45, 7) is 15.2. The van der Waals surface area contributed by atoms with Gasteiger partial charge in [-0.1, -0.05) is 27.7 Å². The highest BCUT2D eigenvalue weighted by molar-refractivity contribution is 5.85. The van der Waals surface area contributed by atoms with Crippen LogP contribution in [0.3, 0.4) is 0 Å². The highest BCUT2D eigenvalue weighted by atomic mass is 16.1. The number of rotatable bonds is 5. The fourth-order valence-corrected chi connectivity index (χ4v) is 3.20. The Morgan fingerprint density at radius 3 is 2.10 bits per heavy atom. The van der Waals surface area contributed by atoms with Gasteiger partial charge in [-0.15, -0.1) is 0 Å². The van der Waals surface area contributed by atoms with Gasteiger partial charge >= 0.3 is 0 Å². The van der Waals surface area contributed by atoms with Gasteiger partial charge in [-0.05, 0) is 64.2 Å². The van der Waals surface area contributed by atoms with Gasteiger partial charge in [0.05, 0.1) is 6.04 Å². The van der Waals surface area contributed by atoms with Crippen molar-refractivity contribution in [2.24, 2.45) is 17.3 Å². The number of hydrogen-bond donors (Lipinski definition) is 1. The molecule has 0 amide bonds. The third kappa shape index (κ3) is 5.95. The zero-order chi connectivity index (χ0) is 15.6. The number of nitrogens with one attached hydrogen (secondary N) is 1. The van der Waals surface area contributed by atoms with Crippen LogP contribution in [0.2, 0.25) is 0 Å². The zero-order valence-electron chi connectivity index (χ0n) is 14.7. The molecule has 20 heavy (non-hydrogen) atoms. The van der Waals surface area contributed by atoms with Crippen LogP contribution in [0.5, 0.6) is 0 Å². The Balaban J connectivity index is 2.63. The summed E-state index contributed by atoms with van der Waals surface area (Å²) in [5.41, 5.74) is 0.509. The molecule has 1 unspecified atom stereocenters. The second kappa shape index (κ2) is 6.60. The van der Waals surface area contributed by atoms with Gasteiger partial charge in [0.15, 0.2) is 5.78 Å². The summed E-state index contributed by atoms with van der Waals surface area (Å²) in [5, 5.41) is 3.56. The average molecular weight is 281 g/mol. The first-order valence-electron chi connectivity index (χ1n) is 8.31. The molecule has 1 aliphatic carbocycles. The van der Waals surface area contributed by atoms with E-state index in [1.807, 2.05) is 13.8 Å². The molecular weight excluding hydrogens is 246 g/mol. The molecule has 0 aromatic carbocycles. The molecule has 0 aromatic rings. The molecular formula is C18H35NO. The summed E-state index contributed by atoms with van der Waals surface area (Å²) in [6.07, 6.45) is 6.18. The van der Waals surface area contributed by atoms with Crippen molar-refractivity contribution in [2.45, 2.75) is 92.2 Å². The summed E-state index contributed by atoms with van der Waals surface area (Å²) in [6, 6.07) is 0.0289. The van der Waals surface area contributed by atoms with Crippen LogP contribution in [0.15, 0.2) is 0 Å². The Labute approximate surface area is 126 Å². The molecule has 0 saturated heterocycles. The number of ketones is 1. The van der Waals surface area contributed by atoms with E-state index in [1.54, 1.807) is 0 Å². The van der Waals surface area contributed by atoms with E-state index in [1.165, 1.54) is 25.7 Å². The highest BCUT2D eigenvalue weighted by Gasteiger charge is 2.32. The molecule has 2 nitrogen and oxygen atoms in total. The standard InChI is InChI=1S/C18H35NO/c1-13(2)16(20)15(19-17(3,4)5)12-14-8-10-18(6,7)11-9-14/h13-15,19H,8-12H2,1-7H3.